The van der Waals surface area contributed by atoms with Crippen molar-refractivity contribution in [1.82, 2.24) is 0 Å². The van der Waals surface area contributed by atoms with Gasteiger partial charge in [0.1, 0.15) is 0 Å². The third-order valence-corrected chi connectivity index (χ3v) is 7.78. The van der Waals surface area contributed by atoms with Crippen molar-refractivity contribution in [2.45, 2.75) is 35.3 Å². The Morgan fingerprint density at radius 2 is 2.00 bits per heavy atom. The molecule has 0 saturated heterocycles. The van der Waals surface area contributed by atoms with Gasteiger partial charge in [-0.1, -0.05) is 6.07 Å². The van der Waals surface area contributed by atoms with E-state index < -0.39 is 27.0 Å². The number of hydrogen-bond donors (Lipinski definition) is 2. The molecule has 1 atom stereocenters. The molecule has 1 aliphatic heterocycles. The lowest BCUT2D eigenvalue weighted by Crippen LogP contribution is -2.25. The highest BCUT2D eigenvalue weighted by Crippen LogP contribution is 2.34. The number of amides is 2. The molecule has 0 saturated carbocycles. The van der Waals surface area contributed by atoms with E-state index in [0.29, 0.717) is 11.4 Å². The number of anilines is 2. The van der Waals surface area contributed by atoms with Crippen LogP contribution in [-0.2, 0) is 24.2 Å². The molecule has 10 heteroatoms. The van der Waals surface area contributed by atoms with E-state index >= 15 is 0 Å². The summed E-state index contributed by atoms with van der Waals surface area (Å²) in [6, 6.07) is 10.8. The molecule has 0 bridgehead atoms. The predicted octanol–water partition coefficient (Wildman–Crippen LogP) is 3.10. The van der Waals surface area contributed by atoms with Crippen LogP contribution in [0.1, 0.15) is 30.6 Å². The third-order valence-electron chi connectivity index (χ3n) is 4.57. The smallest absolute Gasteiger partial charge is 0.338 e. The van der Waals surface area contributed by atoms with Gasteiger partial charge in [-0.15, -0.1) is 11.8 Å². The highest BCUT2D eigenvalue weighted by Gasteiger charge is 2.27. The molecule has 0 aliphatic carbocycles. The van der Waals surface area contributed by atoms with Crippen molar-refractivity contribution in [3.63, 3.8) is 0 Å². The van der Waals surface area contributed by atoms with Crippen LogP contribution in [0.5, 0.6) is 0 Å². The summed E-state index contributed by atoms with van der Waals surface area (Å²) < 4.78 is 30.8. The molecule has 0 aromatic heterocycles. The van der Waals surface area contributed by atoms with Crippen LogP contribution in [0, 0.1) is 0 Å². The zero-order chi connectivity index (χ0) is 22.6. The van der Waals surface area contributed by atoms with Gasteiger partial charge in [0.25, 0.3) is 0 Å². The van der Waals surface area contributed by atoms with Gasteiger partial charge >= 0.3 is 5.97 Å². The SMILES string of the molecule is CCOC(=O)c1cccc(NC(=O)C[C@@H](C)S(=O)(=O)c2ccc3c(c2)NC(=O)CS3)c1. The Balaban J connectivity index is 1.69. The molecule has 8 nitrogen and oxygen atoms in total. The minimum atomic E-state index is -3.80. The lowest BCUT2D eigenvalue weighted by molar-refractivity contribution is -0.116. The first-order valence-corrected chi connectivity index (χ1v) is 12.1. The highest BCUT2D eigenvalue weighted by atomic mass is 32.2. The fourth-order valence-electron chi connectivity index (χ4n) is 2.99. The summed E-state index contributed by atoms with van der Waals surface area (Å²) in [7, 11) is -3.80. The fraction of sp³-hybridized carbons (Fsp3) is 0.286. The number of ether oxygens (including phenoxy) is 1. The van der Waals surface area contributed by atoms with Crippen LogP contribution in [0.15, 0.2) is 52.3 Å². The number of carbonyl (C=O) groups excluding carboxylic acids is 3. The Bertz CT molecular complexity index is 1130. The van der Waals surface area contributed by atoms with Crippen LogP contribution >= 0.6 is 11.8 Å². The minimum absolute atomic E-state index is 0.0404. The van der Waals surface area contributed by atoms with Crippen LogP contribution in [-0.4, -0.2) is 43.8 Å². The van der Waals surface area contributed by atoms with E-state index in [2.05, 4.69) is 10.6 Å². The van der Waals surface area contributed by atoms with E-state index in [9.17, 15) is 22.8 Å². The van der Waals surface area contributed by atoms with Crippen molar-refractivity contribution in [2.24, 2.45) is 0 Å². The monoisotopic (exact) mass is 462 g/mol. The van der Waals surface area contributed by atoms with Crippen molar-refractivity contribution < 1.29 is 27.5 Å². The van der Waals surface area contributed by atoms with Gasteiger partial charge in [0, 0.05) is 17.0 Å². The maximum absolute atomic E-state index is 12.9. The zero-order valence-electron chi connectivity index (χ0n) is 17.0. The van der Waals surface area contributed by atoms with Gasteiger partial charge in [-0.05, 0) is 50.2 Å². The number of sulfone groups is 1. The minimum Gasteiger partial charge on any atom is -0.462 e. The van der Waals surface area contributed by atoms with Crippen LogP contribution in [0.25, 0.3) is 0 Å². The summed E-state index contributed by atoms with van der Waals surface area (Å²) >= 11 is 1.34. The Morgan fingerprint density at radius 1 is 1.23 bits per heavy atom. The van der Waals surface area contributed by atoms with E-state index in [1.165, 1.54) is 36.9 Å². The van der Waals surface area contributed by atoms with E-state index in [1.54, 1.807) is 31.2 Å². The number of hydrogen-bond acceptors (Lipinski definition) is 7. The first kappa shape index (κ1) is 22.8. The maximum atomic E-state index is 12.9. The summed E-state index contributed by atoms with van der Waals surface area (Å²) in [5, 5.41) is 4.29. The number of benzene rings is 2. The third kappa shape index (κ3) is 5.45. The van der Waals surface area contributed by atoms with Gasteiger partial charge in [0.2, 0.25) is 11.8 Å². The van der Waals surface area contributed by atoms with E-state index in [-0.39, 0.29) is 35.1 Å². The molecule has 1 aliphatic rings. The molecular formula is C21H22N2O6S2. The number of fused-ring (bicyclic) bond motifs is 1. The molecule has 2 aromatic rings. The van der Waals surface area contributed by atoms with Gasteiger partial charge < -0.3 is 15.4 Å². The predicted molar refractivity (Wildman–Crippen MR) is 118 cm³/mol. The number of nitrogens with one attached hydrogen (secondary N) is 2. The van der Waals surface area contributed by atoms with Crippen molar-refractivity contribution in [2.75, 3.05) is 23.0 Å². The highest BCUT2D eigenvalue weighted by molar-refractivity contribution is 8.00. The topological polar surface area (TPSA) is 119 Å². The van der Waals surface area contributed by atoms with Gasteiger partial charge in [0.15, 0.2) is 9.84 Å². The molecule has 2 aromatic carbocycles. The lowest BCUT2D eigenvalue weighted by Gasteiger charge is -2.18. The van der Waals surface area contributed by atoms with Crippen LogP contribution in [0.3, 0.4) is 0 Å². The van der Waals surface area contributed by atoms with Crippen molar-refractivity contribution in [3.8, 4) is 0 Å². The van der Waals surface area contributed by atoms with Gasteiger partial charge in [-0.2, -0.15) is 0 Å². The van der Waals surface area contributed by atoms with Crippen LogP contribution in [0.4, 0.5) is 11.4 Å². The Labute approximate surface area is 184 Å². The quantitative estimate of drug-likeness (QED) is 0.607. The Hall–Kier alpha value is -2.85. The van der Waals surface area contributed by atoms with Crippen molar-refractivity contribution in [3.05, 3.63) is 48.0 Å². The fourth-order valence-corrected chi connectivity index (χ4v) is 5.16. The van der Waals surface area contributed by atoms with E-state index in [4.69, 9.17) is 4.74 Å². The van der Waals surface area contributed by atoms with Gasteiger partial charge in [0.05, 0.1) is 33.8 Å². The van der Waals surface area contributed by atoms with Crippen molar-refractivity contribution >= 4 is 50.8 Å². The molecular weight excluding hydrogens is 440 g/mol. The summed E-state index contributed by atoms with van der Waals surface area (Å²) in [4.78, 5) is 36.7. The zero-order valence-corrected chi connectivity index (χ0v) is 18.6. The summed E-state index contributed by atoms with van der Waals surface area (Å²) in [6.07, 6.45) is -0.274. The molecule has 164 valence electrons. The molecule has 1 heterocycles. The van der Waals surface area contributed by atoms with Gasteiger partial charge in [-0.3, -0.25) is 9.59 Å². The molecule has 2 N–H and O–H groups in total. The summed E-state index contributed by atoms with van der Waals surface area (Å²) in [5.41, 5.74) is 1.11. The Morgan fingerprint density at radius 3 is 2.74 bits per heavy atom. The first-order chi connectivity index (χ1) is 14.7. The number of carbonyl (C=O) groups is 3. The average molecular weight is 463 g/mol. The Kier molecular flexibility index (Phi) is 7.01. The second-order valence-electron chi connectivity index (χ2n) is 6.90. The summed E-state index contributed by atoms with van der Waals surface area (Å²) in [5.74, 6) is -0.914. The molecule has 0 radical (unpaired) electrons. The molecule has 0 spiro atoms. The standard InChI is InChI=1S/C21H22N2O6S2/c1-3-29-21(26)14-5-4-6-15(10-14)22-19(24)9-13(2)31(27,28)16-7-8-18-17(11-16)23-20(25)12-30-18/h4-8,10-11,13H,3,9,12H2,1-2H3,(H,22,24)(H,23,25)/t13-/m1/s1. The lowest BCUT2D eigenvalue weighted by atomic mass is 10.2. The molecule has 2 amide bonds. The number of esters is 1. The van der Waals surface area contributed by atoms with E-state index in [1.807, 2.05) is 0 Å². The van der Waals surface area contributed by atoms with Gasteiger partial charge in [-0.25, -0.2) is 13.2 Å². The van der Waals surface area contributed by atoms with E-state index in [0.717, 1.165) is 4.90 Å². The number of thioether (sulfide) groups is 1. The first-order valence-electron chi connectivity index (χ1n) is 9.58. The molecule has 3 rings (SSSR count). The molecule has 0 unspecified atom stereocenters. The maximum Gasteiger partial charge on any atom is 0.338 e. The van der Waals surface area contributed by atoms with Crippen LogP contribution < -0.4 is 10.6 Å². The van der Waals surface area contributed by atoms with Crippen molar-refractivity contribution in [1.29, 1.82) is 0 Å². The number of rotatable bonds is 7. The second-order valence-corrected chi connectivity index (χ2v) is 10.3. The molecule has 0 fully saturated rings. The average Bonchev–Trinajstić information content (AvgIpc) is 2.73. The molecule has 31 heavy (non-hydrogen) atoms. The van der Waals surface area contributed by atoms with Crippen LogP contribution in [0.2, 0.25) is 0 Å². The largest absolute Gasteiger partial charge is 0.462 e. The normalized spacial score (nSPS) is 14.2. The second kappa shape index (κ2) is 9.52. The summed E-state index contributed by atoms with van der Waals surface area (Å²) in [6.45, 7) is 3.38.